The first-order chi connectivity index (χ1) is 10.6. The van der Waals surface area contributed by atoms with Crippen LogP contribution >= 0.6 is 0 Å². The van der Waals surface area contributed by atoms with Crippen molar-refractivity contribution >= 4 is 0 Å². The molecule has 22 heavy (non-hydrogen) atoms. The Hall–Kier alpha value is -1.64. The largest absolute Gasteiger partial charge is 0.318 e. The fourth-order valence-electron chi connectivity index (χ4n) is 4.33. The van der Waals surface area contributed by atoms with E-state index in [0.717, 1.165) is 13.1 Å². The number of nitrogens with one attached hydrogen (secondary N) is 2. The van der Waals surface area contributed by atoms with E-state index < -0.39 is 0 Å². The quantitative estimate of drug-likeness (QED) is 0.904. The number of likely N-dealkylation sites (N-methyl/N-ethyl adjacent to an activating group) is 2. The zero-order valence-electron chi connectivity index (χ0n) is 14.3. The Morgan fingerprint density at radius 2 is 1.41 bits per heavy atom. The molecule has 116 valence electrons. The Balaban J connectivity index is 2.41. The van der Waals surface area contributed by atoms with Crippen molar-refractivity contribution < 1.29 is 0 Å². The Labute approximate surface area is 134 Å². The summed E-state index contributed by atoms with van der Waals surface area (Å²) in [6.07, 6.45) is 0. The van der Waals surface area contributed by atoms with E-state index in [-0.39, 0.29) is 5.41 Å². The van der Waals surface area contributed by atoms with Gasteiger partial charge in [-0.05, 0) is 73.8 Å². The van der Waals surface area contributed by atoms with Gasteiger partial charge in [0.2, 0.25) is 0 Å². The normalized spacial score (nSPS) is 14.8. The molecule has 0 radical (unpaired) electrons. The summed E-state index contributed by atoms with van der Waals surface area (Å²) in [4.78, 5) is 0. The fraction of sp³-hybridized carbons (Fsp3) is 0.400. The Morgan fingerprint density at radius 1 is 0.773 bits per heavy atom. The van der Waals surface area contributed by atoms with Gasteiger partial charge in [-0.15, -0.1) is 0 Å². The van der Waals surface area contributed by atoms with E-state index in [9.17, 15) is 0 Å². The number of fused-ring (bicyclic) bond motifs is 3. The maximum atomic E-state index is 3.45. The molecule has 3 rings (SSSR count). The molecule has 0 aliphatic heterocycles. The molecule has 2 heteroatoms. The lowest BCUT2D eigenvalue weighted by molar-refractivity contribution is 0.468. The van der Waals surface area contributed by atoms with Crippen LogP contribution in [-0.2, 0) is 5.41 Å². The van der Waals surface area contributed by atoms with Crippen LogP contribution in [0.15, 0.2) is 30.3 Å². The number of rotatable bonds is 4. The van der Waals surface area contributed by atoms with Crippen molar-refractivity contribution in [2.75, 3.05) is 27.2 Å². The number of hydrogen-bond acceptors (Lipinski definition) is 2. The first kappa shape index (κ1) is 15.3. The number of benzene rings is 2. The second-order valence-electron chi connectivity index (χ2n) is 6.57. The SMILES string of the molecule is CNCC1(CNC)c2c(C)cccc2-c2ccc(C)c(C)c21. The van der Waals surface area contributed by atoms with E-state index >= 15 is 0 Å². The van der Waals surface area contributed by atoms with E-state index in [1.807, 2.05) is 0 Å². The second kappa shape index (κ2) is 5.53. The molecule has 0 saturated heterocycles. The summed E-state index contributed by atoms with van der Waals surface area (Å²) in [5.41, 5.74) is 10.0. The number of aryl methyl sites for hydroxylation is 2. The standard InChI is InChI=1S/C20H26N2/c1-13-9-10-17-16-8-6-7-14(2)18(16)20(11-21-4,12-22-5)19(17)15(13)3/h6-10,21-22H,11-12H2,1-5H3. The molecule has 1 aliphatic carbocycles. The smallest absolute Gasteiger partial charge is 0.0468 e. The minimum atomic E-state index is 0.00954. The second-order valence-corrected chi connectivity index (χ2v) is 6.57. The van der Waals surface area contributed by atoms with Crippen LogP contribution in [0.25, 0.3) is 11.1 Å². The molecule has 0 aromatic heterocycles. The van der Waals surface area contributed by atoms with Crippen LogP contribution in [0.4, 0.5) is 0 Å². The highest BCUT2D eigenvalue weighted by Crippen LogP contribution is 2.51. The van der Waals surface area contributed by atoms with Gasteiger partial charge in [-0.2, -0.15) is 0 Å². The summed E-state index contributed by atoms with van der Waals surface area (Å²) < 4.78 is 0. The zero-order valence-corrected chi connectivity index (χ0v) is 14.3. The molecule has 2 N–H and O–H groups in total. The summed E-state index contributed by atoms with van der Waals surface area (Å²) in [6.45, 7) is 8.63. The van der Waals surface area contributed by atoms with Gasteiger partial charge < -0.3 is 10.6 Å². The molecule has 2 nitrogen and oxygen atoms in total. The van der Waals surface area contributed by atoms with Crippen molar-refractivity contribution in [3.63, 3.8) is 0 Å². The highest BCUT2D eigenvalue weighted by molar-refractivity contribution is 5.84. The molecule has 0 heterocycles. The topological polar surface area (TPSA) is 24.1 Å². The molecule has 0 amide bonds. The molecule has 0 fully saturated rings. The summed E-state index contributed by atoms with van der Waals surface area (Å²) in [5, 5.41) is 6.90. The predicted molar refractivity (Wildman–Crippen MR) is 94.7 cm³/mol. The van der Waals surface area contributed by atoms with Crippen molar-refractivity contribution in [2.45, 2.75) is 26.2 Å². The molecule has 1 aliphatic rings. The molecule has 0 saturated carbocycles. The summed E-state index contributed by atoms with van der Waals surface area (Å²) in [5.74, 6) is 0. The van der Waals surface area contributed by atoms with Crippen LogP contribution in [0.2, 0.25) is 0 Å². The van der Waals surface area contributed by atoms with E-state index in [1.165, 1.54) is 38.9 Å². The van der Waals surface area contributed by atoms with Gasteiger partial charge in [0, 0.05) is 18.5 Å². The highest BCUT2D eigenvalue weighted by atomic mass is 14.9. The average molecular weight is 294 g/mol. The van der Waals surface area contributed by atoms with Gasteiger partial charge in [0.15, 0.2) is 0 Å². The summed E-state index contributed by atoms with van der Waals surface area (Å²) in [6, 6.07) is 11.3. The van der Waals surface area contributed by atoms with Crippen molar-refractivity contribution in [3.05, 3.63) is 58.1 Å². The third kappa shape index (κ3) is 1.94. The Morgan fingerprint density at radius 3 is 2.05 bits per heavy atom. The Kier molecular flexibility index (Phi) is 3.84. The van der Waals surface area contributed by atoms with Crippen LogP contribution in [0.5, 0.6) is 0 Å². The predicted octanol–water partition coefficient (Wildman–Crippen LogP) is 3.32. The van der Waals surface area contributed by atoms with Gasteiger partial charge in [-0.1, -0.05) is 30.3 Å². The highest BCUT2D eigenvalue weighted by Gasteiger charge is 2.44. The van der Waals surface area contributed by atoms with E-state index in [1.54, 1.807) is 0 Å². The van der Waals surface area contributed by atoms with Gasteiger partial charge in [0.05, 0.1) is 0 Å². The van der Waals surface area contributed by atoms with Crippen molar-refractivity contribution in [3.8, 4) is 11.1 Å². The lowest BCUT2D eigenvalue weighted by atomic mass is 9.74. The minimum Gasteiger partial charge on any atom is -0.318 e. The van der Waals surface area contributed by atoms with E-state index in [4.69, 9.17) is 0 Å². The molecule has 0 unspecified atom stereocenters. The van der Waals surface area contributed by atoms with Gasteiger partial charge in [-0.25, -0.2) is 0 Å². The Bertz CT molecular complexity index is 710. The van der Waals surface area contributed by atoms with Gasteiger partial charge in [-0.3, -0.25) is 0 Å². The maximum Gasteiger partial charge on any atom is 0.0468 e. The molecule has 2 aromatic rings. The van der Waals surface area contributed by atoms with Crippen LogP contribution < -0.4 is 10.6 Å². The van der Waals surface area contributed by atoms with Gasteiger partial charge in [0.1, 0.15) is 0 Å². The first-order valence-corrected chi connectivity index (χ1v) is 8.07. The van der Waals surface area contributed by atoms with Crippen molar-refractivity contribution in [1.29, 1.82) is 0 Å². The lowest BCUT2D eigenvalue weighted by Crippen LogP contribution is -2.45. The van der Waals surface area contributed by atoms with Gasteiger partial charge in [0.25, 0.3) is 0 Å². The van der Waals surface area contributed by atoms with E-state index in [2.05, 4.69) is 75.8 Å². The lowest BCUT2D eigenvalue weighted by Gasteiger charge is -2.34. The monoisotopic (exact) mass is 294 g/mol. The molecule has 0 bridgehead atoms. The third-order valence-corrected chi connectivity index (χ3v) is 5.21. The number of hydrogen-bond donors (Lipinski definition) is 2. The van der Waals surface area contributed by atoms with Crippen LogP contribution in [0.3, 0.4) is 0 Å². The van der Waals surface area contributed by atoms with Crippen LogP contribution in [0.1, 0.15) is 27.8 Å². The molecular weight excluding hydrogens is 268 g/mol. The van der Waals surface area contributed by atoms with E-state index in [0.29, 0.717) is 0 Å². The van der Waals surface area contributed by atoms with Crippen molar-refractivity contribution in [1.82, 2.24) is 10.6 Å². The minimum absolute atomic E-state index is 0.00954. The molecule has 0 spiro atoms. The molecule has 0 atom stereocenters. The fourth-order valence-corrected chi connectivity index (χ4v) is 4.33. The molecule has 2 aromatic carbocycles. The average Bonchev–Trinajstić information content (AvgIpc) is 2.76. The third-order valence-electron chi connectivity index (χ3n) is 5.21. The van der Waals surface area contributed by atoms with Crippen LogP contribution in [0, 0.1) is 20.8 Å². The molecular formula is C20H26N2. The zero-order chi connectivity index (χ0) is 15.9. The van der Waals surface area contributed by atoms with Crippen molar-refractivity contribution in [2.24, 2.45) is 0 Å². The maximum absolute atomic E-state index is 3.45. The van der Waals surface area contributed by atoms with Gasteiger partial charge >= 0.3 is 0 Å². The van der Waals surface area contributed by atoms with Crippen LogP contribution in [-0.4, -0.2) is 27.2 Å². The summed E-state index contributed by atoms with van der Waals surface area (Å²) >= 11 is 0. The first-order valence-electron chi connectivity index (χ1n) is 8.07. The summed E-state index contributed by atoms with van der Waals surface area (Å²) in [7, 11) is 4.11.